The number of para-hydroxylation sites is 1. The first-order chi connectivity index (χ1) is 15.7. The number of aromatic nitrogens is 3. The van der Waals surface area contributed by atoms with Gasteiger partial charge in [-0.25, -0.2) is 4.98 Å². The van der Waals surface area contributed by atoms with Gasteiger partial charge in [0.15, 0.2) is 0 Å². The van der Waals surface area contributed by atoms with Gasteiger partial charge in [-0.2, -0.15) is 0 Å². The zero-order valence-corrected chi connectivity index (χ0v) is 19.4. The van der Waals surface area contributed by atoms with E-state index in [4.69, 9.17) is 9.97 Å². The Morgan fingerprint density at radius 1 is 0.969 bits per heavy atom. The molecule has 0 saturated carbocycles. The quantitative estimate of drug-likeness (QED) is 0.635. The van der Waals surface area contributed by atoms with Gasteiger partial charge < -0.3 is 14.4 Å². The molecule has 6 rings (SSSR count). The number of hydrogen-bond donors (Lipinski definition) is 0. The summed E-state index contributed by atoms with van der Waals surface area (Å²) in [5.41, 5.74) is 6.50. The standard InChI is InChI=1S/C26H34N6/c1-29-14-16-31(17-15-29)22-9-3-8-21-26(22)30(2)23(28-21)18-32-13-5-7-20-11-10-19-6-4-12-27-24(19)25(20)32/h3-4,6,8-9,12,20,25H,5,7,10-11,13-18H2,1-2H3/t20-,25-/m0/s1. The maximum Gasteiger partial charge on any atom is 0.123 e. The van der Waals surface area contributed by atoms with Gasteiger partial charge in [-0.3, -0.25) is 9.88 Å². The molecule has 168 valence electrons. The minimum atomic E-state index is 0.436. The van der Waals surface area contributed by atoms with Crippen LogP contribution >= 0.6 is 0 Å². The van der Waals surface area contributed by atoms with E-state index in [0.29, 0.717) is 6.04 Å². The second kappa shape index (κ2) is 8.16. The Morgan fingerprint density at radius 2 is 1.84 bits per heavy atom. The number of likely N-dealkylation sites (tertiary alicyclic amines) is 1. The molecule has 0 amide bonds. The van der Waals surface area contributed by atoms with E-state index in [1.165, 1.54) is 54.0 Å². The molecule has 2 fully saturated rings. The molecule has 2 aromatic heterocycles. The Balaban J connectivity index is 1.33. The molecule has 2 saturated heterocycles. The zero-order chi connectivity index (χ0) is 21.7. The summed E-state index contributed by atoms with van der Waals surface area (Å²) < 4.78 is 2.36. The van der Waals surface area contributed by atoms with E-state index in [2.05, 4.69) is 63.7 Å². The number of rotatable bonds is 3. The van der Waals surface area contributed by atoms with Crippen LogP contribution in [-0.4, -0.2) is 64.1 Å². The number of benzene rings is 1. The van der Waals surface area contributed by atoms with E-state index < -0.39 is 0 Å². The molecule has 1 aromatic carbocycles. The Kier molecular flexibility index (Phi) is 5.15. The Bertz CT molecular complexity index is 1110. The normalized spacial score (nSPS) is 24.5. The van der Waals surface area contributed by atoms with Gasteiger partial charge in [-0.05, 0) is 69.0 Å². The molecule has 0 spiro atoms. The number of piperidine rings is 1. The fourth-order valence-corrected chi connectivity index (χ4v) is 6.22. The molecule has 2 atom stereocenters. The lowest BCUT2D eigenvalue weighted by atomic mass is 9.77. The van der Waals surface area contributed by atoms with Crippen molar-refractivity contribution in [3.05, 3.63) is 53.6 Å². The van der Waals surface area contributed by atoms with Gasteiger partial charge in [0.25, 0.3) is 0 Å². The summed E-state index contributed by atoms with van der Waals surface area (Å²) in [6.45, 7) is 6.41. The van der Waals surface area contributed by atoms with Crippen molar-refractivity contribution in [3.63, 3.8) is 0 Å². The van der Waals surface area contributed by atoms with E-state index in [0.717, 1.165) is 50.7 Å². The van der Waals surface area contributed by atoms with Crippen molar-refractivity contribution in [2.75, 3.05) is 44.7 Å². The van der Waals surface area contributed by atoms with Crippen LogP contribution in [0.3, 0.4) is 0 Å². The molecule has 1 aliphatic carbocycles. The second-order valence-electron chi connectivity index (χ2n) is 9.93. The molecule has 0 radical (unpaired) electrons. The molecule has 0 bridgehead atoms. The summed E-state index contributed by atoms with van der Waals surface area (Å²) in [5, 5.41) is 0. The molecule has 3 aromatic rings. The summed E-state index contributed by atoms with van der Waals surface area (Å²) in [4.78, 5) is 17.6. The largest absolute Gasteiger partial charge is 0.367 e. The predicted molar refractivity (Wildman–Crippen MR) is 129 cm³/mol. The fourth-order valence-electron chi connectivity index (χ4n) is 6.22. The molecule has 6 nitrogen and oxygen atoms in total. The van der Waals surface area contributed by atoms with Gasteiger partial charge in [0, 0.05) is 39.4 Å². The first-order valence-corrected chi connectivity index (χ1v) is 12.2. The number of anilines is 1. The molecule has 32 heavy (non-hydrogen) atoms. The molecule has 2 aliphatic heterocycles. The average molecular weight is 431 g/mol. The Labute approximate surface area is 190 Å². The lowest BCUT2D eigenvalue weighted by Gasteiger charge is -2.44. The van der Waals surface area contributed by atoms with E-state index in [-0.39, 0.29) is 0 Å². The number of imidazole rings is 1. The third-order valence-electron chi connectivity index (χ3n) is 8.00. The predicted octanol–water partition coefficient (Wildman–Crippen LogP) is 3.62. The van der Waals surface area contributed by atoms with E-state index in [1.54, 1.807) is 0 Å². The molecular weight excluding hydrogens is 396 g/mol. The van der Waals surface area contributed by atoms with E-state index in [9.17, 15) is 0 Å². The third kappa shape index (κ3) is 3.41. The van der Waals surface area contributed by atoms with Crippen LogP contribution in [0.2, 0.25) is 0 Å². The number of pyridine rings is 1. The van der Waals surface area contributed by atoms with Crippen molar-refractivity contribution in [1.82, 2.24) is 24.3 Å². The molecule has 3 aliphatic rings. The van der Waals surface area contributed by atoms with Crippen LogP contribution < -0.4 is 4.90 Å². The lowest BCUT2D eigenvalue weighted by molar-refractivity contribution is 0.0667. The maximum absolute atomic E-state index is 5.13. The second-order valence-corrected chi connectivity index (χ2v) is 9.93. The number of fused-ring (bicyclic) bond motifs is 4. The highest BCUT2D eigenvalue weighted by Crippen LogP contribution is 2.43. The highest BCUT2D eigenvalue weighted by atomic mass is 15.3. The van der Waals surface area contributed by atoms with Crippen molar-refractivity contribution in [3.8, 4) is 0 Å². The third-order valence-corrected chi connectivity index (χ3v) is 8.00. The highest BCUT2D eigenvalue weighted by molar-refractivity contribution is 5.89. The van der Waals surface area contributed by atoms with Crippen LogP contribution in [0.5, 0.6) is 0 Å². The fraction of sp³-hybridized carbons (Fsp3) is 0.538. The van der Waals surface area contributed by atoms with E-state index in [1.807, 2.05) is 6.20 Å². The van der Waals surface area contributed by atoms with Crippen molar-refractivity contribution >= 4 is 16.7 Å². The smallest absolute Gasteiger partial charge is 0.123 e. The SMILES string of the molecule is CN1CCN(c2cccc3nc(CN4CCC[C@H]5CCc6cccnc6[C@H]54)n(C)c23)CC1. The van der Waals surface area contributed by atoms with Crippen LogP contribution in [0.1, 0.15) is 42.4 Å². The lowest BCUT2D eigenvalue weighted by Crippen LogP contribution is -2.44. The van der Waals surface area contributed by atoms with Gasteiger partial charge in [0.05, 0.1) is 35.0 Å². The van der Waals surface area contributed by atoms with Gasteiger partial charge in [0.2, 0.25) is 0 Å². The van der Waals surface area contributed by atoms with Crippen LogP contribution in [-0.2, 0) is 20.0 Å². The van der Waals surface area contributed by atoms with Crippen molar-refractivity contribution in [1.29, 1.82) is 0 Å². The van der Waals surface area contributed by atoms with Crippen LogP contribution in [0.25, 0.3) is 11.0 Å². The number of aryl methyl sites for hydroxylation is 2. The number of nitrogens with zero attached hydrogens (tertiary/aromatic N) is 6. The Hall–Kier alpha value is -2.44. The number of likely N-dealkylation sites (N-methyl/N-ethyl adjacent to an activating group) is 1. The summed E-state index contributed by atoms with van der Waals surface area (Å²) in [6, 6.07) is 11.4. The van der Waals surface area contributed by atoms with Gasteiger partial charge in [0.1, 0.15) is 5.82 Å². The van der Waals surface area contributed by atoms with Crippen molar-refractivity contribution in [2.24, 2.45) is 13.0 Å². The van der Waals surface area contributed by atoms with Gasteiger partial charge in [-0.15, -0.1) is 0 Å². The average Bonchev–Trinajstić information content (AvgIpc) is 3.15. The monoisotopic (exact) mass is 430 g/mol. The topological polar surface area (TPSA) is 40.4 Å². The first kappa shape index (κ1) is 20.2. The summed E-state index contributed by atoms with van der Waals surface area (Å²) in [7, 11) is 4.42. The van der Waals surface area contributed by atoms with Gasteiger partial charge >= 0.3 is 0 Å². The molecular formula is C26H34N6. The number of hydrogen-bond acceptors (Lipinski definition) is 5. The van der Waals surface area contributed by atoms with Crippen LogP contribution in [0.15, 0.2) is 36.5 Å². The van der Waals surface area contributed by atoms with Crippen LogP contribution in [0, 0.1) is 5.92 Å². The summed E-state index contributed by atoms with van der Waals surface area (Å²) in [5.74, 6) is 1.90. The van der Waals surface area contributed by atoms with Crippen molar-refractivity contribution in [2.45, 2.75) is 38.3 Å². The molecule has 0 unspecified atom stereocenters. The minimum absolute atomic E-state index is 0.436. The summed E-state index contributed by atoms with van der Waals surface area (Å²) >= 11 is 0. The highest BCUT2D eigenvalue weighted by Gasteiger charge is 2.38. The zero-order valence-electron chi connectivity index (χ0n) is 19.4. The first-order valence-electron chi connectivity index (χ1n) is 12.2. The molecule has 0 N–H and O–H groups in total. The molecule has 6 heteroatoms. The molecule has 4 heterocycles. The van der Waals surface area contributed by atoms with E-state index >= 15 is 0 Å². The Morgan fingerprint density at radius 3 is 2.72 bits per heavy atom. The maximum atomic E-state index is 5.13. The van der Waals surface area contributed by atoms with Crippen molar-refractivity contribution < 1.29 is 0 Å². The van der Waals surface area contributed by atoms with Gasteiger partial charge in [-0.1, -0.05) is 12.1 Å². The van der Waals surface area contributed by atoms with Crippen LogP contribution in [0.4, 0.5) is 5.69 Å². The number of piperazine rings is 1. The minimum Gasteiger partial charge on any atom is -0.367 e. The summed E-state index contributed by atoms with van der Waals surface area (Å²) in [6.07, 6.45) is 7.05.